The number of aromatic nitrogens is 2. The van der Waals surface area contributed by atoms with E-state index in [9.17, 15) is 18.8 Å². The molecule has 27 heavy (non-hydrogen) atoms. The Balaban J connectivity index is 1.77. The van der Waals surface area contributed by atoms with Gasteiger partial charge < -0.3 is 14.5 Å². The maximum absolute atomic E-state index is 13.0. The molecule has 138 valence electrons. The predicted octanol–water partition coefficient (Wildman–Crippen LogP) is 2.07. The van der Waals surface area contributed by atoms with Gasteiger partial charge in [-0.15, -0.1) is 5.10 Å². The lowest BCUT2D eigenvalue weighted by Gasteiger charge is -2.09. The van der Waals surface area contributed by atoms with Crippen molar-refractivity contribution in [1.29, 1.82) is 0 Å². The van der Waals surface area contributed by atoms with Crippen LogP contribution in [0.2, 0.25) is 0 Å². The summed E-state index contributed by atoms with van der Waals surface area (Å²) in [4.78, 5) is 35.9. The van der Waals surface area contributed by atoms with E-state index in [2.05, 4.69) is 15.2 Å². The van der Waals surface area contributed by atoms with Crippen molar-refractivity contribution in [2.24, 2.45) is 0 Å². The van der Waals surface area contributed by atoms with E-state index in [1.54, 1.807) is 12.1 Å². The van der Waals surface area contributed by atoms with Gasteiger partial charge in [0.2, 0.25) is 11.8 Å². The second kappa shape index (κ2) is 7.65. The lowest BCUT2D eigenvalue weighted by Crippen LogP contribution is -2.26. The van der Waals surface area contributed by atoms with Gasteiger partial charge in [-0.25, -0.2) is 14.0 Å². The van der Waals surface area contributed by atoms with Gasteiger partial charge in [-0.3, -0.25) is 4.79 Å². The third-order valence-electron chi connectivity index (χ3n) is 3.60. The van der Waals surface area contributed by atoms with Crippen LogP contribution in [-0.2, 0) is 16.1 Å². The maximum atomic E-state index is 13.0. The molecule has 1 heterocycles. The quantitative estimate of drug-likeness (QED) is 0.689. The number of hydrogen-bond acceptors (Lipinski definition) is 6. The first-order valence-corrected chi connectivity index (χ1v) is 7.79. The highest BCUT2D eigenvalue weighted by Gasteiger charge is 2.16. The highest BCUT2D eigenvalue weighted by atomic mass is 19.1. The summed E-state index contributed by atoms with van der Waals surface area (Å²) in [6.45, 7) is -0.432. The number of halogens is 1. The molecule has 9 heteroatoms. The van der Waals surface area contributed by atoms with Gasteiger partial charge in [0.25, 0.3) is 0 Å². The minimum Gasteiger partial charge on any atom is -0.465 e. The van der Waals surface area contributed by atoms with Crippen molar-refractivity contribution in [1.82, 2.24) is 9.78 Å². The molecule has 2 aromatic carbocycles. The summed E-state index contributed by atoms with van der Waals surface area (Å²) in [5, 5.41) is 6.45. The second-order valence-electron chi connectivity index (χ2n) is 5.42. The van der Waals surface area contributed by atoms with Crippen LogP contribution < -0.4 is 11.1 Å². The molecule has 0 atom stereocenters. The van der Waals surface area contributed by atoms with Crippen LogP contribution in [0.3, 0.4) is 0 Å². The number of nitrogens with zero attached hydrogens (tertiary/aromatic N) is 2. The fourth-order valence-electron chi connectivity index (χ4n) is 2.32. The Morgan fingerprint density at radius 1 is 1.19 bits per heavy atom. The number of benzene rings is 2. The van der Waals surface area contributed by atoms with E-state index in [0.29, 0.717) is 5.56 Å². The monoisotopic (exact) mass is 371 g/mol. The molecule has 0 radical (unpaired) electrons. The third-order valence-corrected chi connectivity index (χ3v) is 3.60. The summed E-state index contributed by atoms with van der Waals surface area (Å²) in [5.41, 5.74) is 0.807. The SMILES string of the molecule is COC(=O)c1ccccc1NC(=O)Cn1nc(-c2ccc(F)cc2)oc1=O. The topological polar surface area (TPSA) is 103 Å². The van der Waals surface area contributed by atoms with Crippen molar-refractivity contribution in [2.45, 2.75) is 6.54 Å². The van der Waals surface area contributed by atoms with E-state index in [0.717, 1.165) is 4.68 Å². The molecule has 0 fully saturated rings. The van der Waals surface area contributed by atoms with E-state index >= 15 is 0 Å². The van der Waals surface area contributed by atoms with Crippen LogP contribution in [0.4, 0.5) is 10.1 Å². The van der Waals surface area contributed by atoms with Crippen molar-refractivity contribution < 1.29 is 23.1 Å². The van der Waals surface area contributed by atoms with Crippen LogP contribution in [-0.4, -0.2) is 28.8 Å². The van der Waals surface area contributed by atoms with Gasteiger partial charge >= 0.3 is 11.7 Å². The van der Waals surface area contributed by atoms with Gasteiger partial charge in [0.05, 0.1) is 18.4 Å². The average Bonchev–Trinajstić information content (AvgIpc) is 3.02. The minimum atomic E-state index is -0.842. The lowest BCUT2D eigenvalue weighted by atomic mass is 10.2. The van der Waals surface area contributed by atoms with E-state index in [1.165, 1.54) is 43.5 Å². The van der Waals surface area contributed by atoms with E-state index < -0.39 is 30.0 Å². The molecule has 0 aliphatic carbocycles. The fraction of sp³-hybridized carbons (Fsp3) is 0.111. The van der Waals surface area contributed by atoms with E-state index in [4.69, 9.17) is 4.42 Å². The highest BCUT2D eigenvalue weighted by Crippen LogP contribution is 2.17. The van der Waals surface area contributed by atoms with Crippen LogP contribution in [0.5, 0.6) is 0 Å². The van der Waals surface area contributed by atoms with Gasteiger partial charge in [0, 0.05) is 5.56 Å². The van der Waals surface area contributed by atoms with Crippen molar-refractivity contribution in [2.75, 3.05) is 12.4 Å². The summed E-state index contributed by atoms with van der Waals surface area (Å²) in [6.07, 6.45) is 0. The Morgan fingerprint density at radius 2 is 1.89 bits per heavy atom. The van der Waals surface area contributed by atoms with Gasteiger partial charge in [-0.2, -0.15) is 4.68 Å². The van der Waals surface area contributed by atoms with Crippen molar-refractivity contribution >= 4 is 17.6 Å². The van der Waals surface area contributed by atoms with Crippen LogP contribution in [0.1, 0.15) is 10.4 Å². The number of amides is 1. The fourth-order valence-corrected chi connectivity index (χ4v) is 2.32. The zero-order valence-electron chi connectivity index (χ0n) is 14.1. The number of nitrogens with one attached hydrogen (secondary N) is 1. The highest BCUT2D eigenvalue weighted by molar-refractivity contribution is 6.01. The Morgan fingerprint density at radius 3 is 2.59 bits per heavy atom. The third kappa shape index (κ3) is 4.09. The average molecular weight is 371 g/mol. The van der Waals surface area contributed by atoms with Gasteiger partial charge in [-0.05, 0) is 36.4 Å². The number of ether oxygens (including phenoxy) is 1. The van der Waals surface area contributed by atoms with E-state index in [1.807, 2.05) is 0 Å². The van der Waals surface area contributed by atoms with Crippen molar-refractivity contribution in [3.05, 3.63) is 70.5 Å². The molecule has 1 N–H and O–H groups in total. The Bertz CT molecular complexity index is 1040. The van der Waals surface area contributed by atoms with Crippen LogP contribution in [0, 0.1) is 5.82 Å². The summed E-state index contributed by atoms with van der Waals surface area (Å²) in [6, 6.07) is 11.5. The molecule has 0 aliphatic rings. The molecule has 3 rings (SSSR count). The number of carbonyl (C=O) groups excluding carboxylic acids is 2. The Hall–Kier alpha value is -3.75. The normalized spacial score (nSPS) is 10.4. The standard InChI is InChI=1S/C18H14FN3O5/c1-26-17(24)13-4-2-3-5-14(13)20-15(23)10-22-18(25)27-16(21-22)11-6-8-12(19)9-7-11/h2-9H,10H2,1H3,(H,20,23). The predicted molar refractivity (Wildman–Crippen MR) is 92.6 cm³/mol. The molecule has 0 unspecified atom stereocenters. The molecule has 0 bridgehead atoms. The number of anilines is 1. The number of para-hydroxylation sites is 1. The molecular formula is C18H14FN3O5. The molecule has 0 saturated carbocycles. The molecule has 8 nitrogen and oxygen atoms in total. The largest absolute Gasteiger partial charge is 0.465 e. The molecule has 1 aromatic heterocycles. The van der Waals surface area contributed by atoms with Gasteiger partial charge in [0.15, 0.2) is 0 Å². The summed E-state index contributed by atoms with van der Waals surface area (Å²) < 4.78 is 23.5. The molecule has 0 aliphatic heterocycles. The molecule has 1 amide bonds. The van der Waals surface area contributed by atoms with Crippen molar-refractivity contribution in [3.8, 4) is 11.5 Å². The number of rotatable bonds is 5. The zero-order chi connectivity index (χ0) is 19.4. The smallest absolute Gasteiger partial charge is 0.437 e. The van der Waals surface area contributed by atoms with Gasteiger partial charge in [0.1, 0.15) is 12.4 Å². The summed E-state index contributed by atoms with van der Waals surface area (Å²) in [5.74, 6) is -2.52. The molecule has 3 aromatic rings. The van der Waals surface area contributed by atoms with Crippen molar-refractivity contribution in [3.63, 3.8) is 0 Å². The first-order valence-electron chi connectivity index (χ1n) is 7.79. The summed E-state index contributed by atoms with van der Waals surface area (Å²) in [7, 11) is 1.23. The zero-order valence-corrected chi connectivity index (χ0v) is 14.1. The number of methoxy groups -OCH3 is 1. The summed E-state index contributed by atoms with van der Waals surface area (Å²) >= 11 is 0. The molecule has 0 spiro atoms. The number of esters is 1. The minimum absolute atomic E-state index is 0.0391. The number of hydrogen-bond donors (Lipinski definition) is 1. The Labute approximate surface area is 152 Å². The lowest BCUT2D eigenvalue weighted by molar-refractivity contribution is -0.117. The Kier molecular flexibility index (Phi) is 5.11. The molecule has 0 saturated heterocycles. The van der Waals surface area contributed by atoms with Crippen LogP contribution in [0.25, 0.3) is 11.5 Å². The molecular weight excluding hydrogens is 357 g/mol. The number of carbonyl (C=O) groups is 2. The van der Waals surface area contributed by atoms with Crippen LogP contribution in [0.15, 0.2) is 57.7 Å². The van der Waals surface area contributed by atoms with E-state index in [-0.39, 0.29) is 17.1 Å². The first kappa shape index (κ1) is 18.1. The van der Waals surface area contributed by atoms with Crippen LogP contribution >= 0.6 is 0 Å². The second-order valence-corrected chi connectivity index (χ2v) is 5.42. The maximum Gasteiger partial charge on any atom is 0.437 e. The van der Waals surface area contributed by atoms with Gasteiger partial charge in [-0.1, -0.05) is 12.1 Å². The first-order chi connectivity index (χ1) is 13.0.